The average Bonchev–Trinajstić information content (AvgIpc) is 2.64. The molecule has 32 heavy (non-hydrogen) atoms. The lowest BCUT2D eigenvalue weighted by atomic mass is 10.1. The second-order valence-corrected chi connectivity index (χ2v) is 9.38. The lowest BCUT2D eigenvalue weighted by molar-refractivity contribution is 0.318. The van der Waals surface area contributed by atoms with Gasteiger partial charge in [-0.05, 0) is 37.1 Å². The van der Waals surface area contributed by atoms with Gasteiger partial charge >= 0.3 is 10.6 Å². The molecule has 0 aliphatic heterocycles. The summed E-state index contributed by atoms with van der Waals surface area (Å²) >= 11 is 0. The summed E-state index contributed by atoms with van der Waals surface area (Å²) < 4.78 is 93.0. The van der Waals surface area contributed by atoms with Gasteiger partial charge in [-0.15, -0.1) is 17.7 Å². The van der Waals surface area contributed by atoms with Crippen LogP contribution in [-0.4, -0.2) is 50.9 Å². The molecule has 0 radical (unpaired) electrons. The highest BCUT2D eigenvalue weighted by molar-refractivity contribution is 7.86. The zero-order valence-electron chi connectivity index (χ0n) is 16.4. The van der Waals surface area contributed by atoms with E-state index in [2.05, 4.69) is 10.2 Å². The summed E-state index contributed by atoms with van der Waals surface area (Å²) in [5.41, 5.74) is 7.09. The molecule has 4 N–H and O–H groups in total. The number of nitrogens with two attached hydrogens (primary N) is 1. The van der Waals surface area contributed by atoms with E-state index in [0.29, 0.717) is 16.9 Å². The number of nitrogen functional groups attached to an aromatic ring is 1. The smallest absolute Gasteiger partial charge is 0.425 e. The summed E-state index contributed by atoms with van der Waals surface area (Å²) in [4.78, 5) is -0.381. The van der Waals surface area contributed by atoms with E-state index >= 15 is 0 Å². The fourth-order valence-corrected chi connectivity index (χ4v) is 3.33. The number of ether oxygens (including phenoxy) is 1. The number of anilines is 1. The largest absolute Gasteiger partial charge is 0.491 e. The number of aryl methyl sites for hydroxylation is 1. The molecule has 2 rings (SSSR count). The molecule has 2 aromatic rings. The molecule has 2 aromatic carbocycles. The molecule has 0 heterocycles. The Balaban J connectivity index is 0.00000118. The van der Waals surface area contributed by atoms with Crippen LogP contribution in [0.5, 0.6) is 5.75 Å². The van der Waals surface area contributed by atoms with E-state index in [1.165, 1.54) is 24.3 Å². The maximum absolute atomic E-state index is 11.4. The van der Waals surface area contributed by atoms with E-state index in [1.54, 1.807) is 19.1 Å². The predicted octanol–water partition coefficient (Wildman–Crippen LogP) is 1.89. The minimum Gasteiger partial charge on any atom is -0.491 e. The number of hydrogen-bond donors (Lipinski definition) is 3. The maximum Gasteiger partial charge on any atom is 0.425 e. The first-order valence-electron chi connectivity index (χ1n) is 8.44. The van der Waals surface area contributed by atoms with Crippen molar-refractivity contribution in [3.05, 3.63) is 42.0 Å². The Bertz CT molecular complexity index is 1300. The number of hydrogen-bond acceptors (Lipinski definition) is 11. The number of azo groups is 1. The summed E-state index contributed by atoms with van der Waals surface area (Å²) in [5, 5.41) is 7.88. The molecule has 0 atom stereocenters. The van der Waals surface area contributed by atoms with Crippen LogP contribution in [0.2, 0.25) is 0 Å². The average molecular weight is 510 g/mol. The quantitative estimate of drug-likeness (QED) is 0.202. The lowest BCUT2D eigenvalue weighted by Crippen LogP contribution is -2.09. The zero-order chi connectivity index (χ0) is 24.5. The van der Waals surface area contributed by atoms with E-state index in [9.17, 15) is 21.4 Å². The summed E-state index contributed by atoms with van der Waals surface area (Å²) in [5.74, 6) is -0.212. The molecule has 0 saturated heterocycles. The molecule has 0 bridgehead atoms. The zero-order valence-corrected chi connectivity index (χ0v) is 18.9. The molecule has 0 saturated carbocycles. The highest BCUT2D eigenvalue weighted by atomic mass is 32.2. The molecular formula is C16H19N3O10S3. The van der Waals surface area contributed by atoms with Gasteiger partial charge in [-0.25, -0.2) is 0 Å². The van der Waals surface area contributed by atoms with E-state index < -0.39 is 36.6 Å². The van der Waals surface area contributed by atoms with E-state index in [-0.39, 0.29) is 29.4 Å². The Hall–Kier alpha value is -2.92. The van der Waals surface area contributed by atoms with Crippen LogP contribution < -0.4 is 10.5 Å². The Morgan fingerprint density at radius 3 is 2.12 bits per heavy atom. The fraction of sp³-hybridized carbons (Fsp3) is 0.250. The first-order valence-corrected chi connectivity index (χ1v) is 12.5. The summed E-state index contributed by atoms with van der Waals surface area (Å²) in [6.45, 7) is 1.71. The van der Waals surface area contributed by atoms with Gasteiger partial charge in [0.25, 0.3) is 20.2 Å². The third kappa shape index (κ3) is 9.92. The molecule has 176 valence electrons. The molecule has 16 heteroatoms. The van der Waals surface area contributed by atoms with E-state index in [0.717, 1.165) is 0 Å². The highest BCUT2D eigenvalue weighted by Gasteiger charge is 2.15. The Labute approximate surface area is 185 Å². The van der Waals surface area contributed by atoms with Crippen molar-refractivity contribution in [1.29, 1.82) is 0 Å². The third-order valence-corrected chi connectivity index (χ3v) is 5.25. The third-order valence-electron chi connectivity index (χ3n) is 3.54. The fourth-order valence-electron chi connectivity index (χ4n) is 2.22. The van der Waals surface area contributed by atoms with Crippen molar-refractivity contribution in [1.82, 2.24) is 0 Å². The molecule has 0 spiro atoms. The van der Waals surface area contributed by atoms with Crippen LogP contribution in [-0.2, 0) is 30.8 Å². The summed E-state index contributed by atoms with van der Waals surface area (Å²) in [7, 11) is -11.6. The van der Waals surface area contributed by atoms with Crippen LogP contribution >= 0.6 is 0 Å². The summed E-state index contributed by atoms with van der Waals surface area (Å²) in [6, 6.07) is 8.60. The van der Waals surface area contributed by atoms with Crippen molar-refractivity contribution in [3.63, 3.8) is 0 Å². The first-order chi connectivity index (χ1) is 14.7. The number of rotatable bonds is 8. The van der Waals surface area contributed by atoms with Crippen molar-refractivity contribution >= 4 is 47.9 Å². The van der Waals surface area contributed by atoms with Crippen LogP contribution in [0.15, 0.2) is 51.5 Å². The highest BCUT2D eigenvalue weighted by Crippen LogP contribution is 2.33. The Morgan fingerprint density at radius 1 is 1.00 bits per heavy atom. The second kappa shape index (κ2) is 11.6. The minimum atomic E-state index is -4.46. The predicted molar refractivity (Wildman–Crippen MR) is 112 cm³/mol. The van der Waals surface area contributed by atoms with Crippen molar-refractivity contribution in [2.45, 2.75) is 18.2 Å². The molecule has 0 aromatic heterocycles. The van der Waals surface area contributed by atoms with Gasteiger partial charge in [0.05, 0.1) is 23.7 Å². The lowest BCUT2D eigenvalue weighted by Gasteiger charge is -2.11. The van der Waals surface area contributed by atoms with E-state index in [1.807, 2.05) is 0 Å². The second-order valence-electron chi connectivity index (χ2n) is 6.01. The summed E-state index contributed by atoms with van der Waals surface area (Å²) in [6.07, 6.45) is 0.0603. The number of nitrogens with zero attached hydrogens (tertiary/aromatic N) is 2. The molecule has 0 unspecified atom stereocenters. The Morgan fingerprint density at radius 2 is 1.56 bits per heavy atom. The van der Waals surface area contributed by atoms with Gasteiger partial charge in [0, 0.05) is 6.07 Å². The van der Waals surface area contributed by atoms with Crippen LogP contribution in [0.1, 0.15) is 12.0 Å². The van der Waals surface area contributed by atoms with Crippen LogP contribution in [0, 0.1) is 6.92 Å². The van der Waals surface area contributed by atoms with Crippen molar-refractivity contribution < 1.29 is 43.3 Å². The van der Waals surface area contributed by atoms with Gasteiger partial charge in [-0.3, -0.25) is 9.11 Å². The standard InChI is InChI=1S/C16H19N3O7S2.O3S/c1-11-9-12(17)15(26-7-4-8-27(20,21)22)10-14(11)19-18-13-5-2-3-6-16(13)28(23,24)25;1-4(2)3/h2-3,5-6,9-10H,4,7-8,17H2,1H3,(H,20,21,22)(H,23,24,25);. The van der Waals surface area contributed by atoms with Gasteiger partial charge in [0.2, 0.25) is 0 Å². The molecule has 0 aliphatic rings. The molecule has 0 aliphatic carbocycles. The van der Waals surface area contributed by atoms with Crippen molar-refractivity contribution in [3.8, 4) is 5.75 Å². The number of benzene rings is 2. The van der Waals surface area contributed by atoms with Gasteiger partial charge in [-0.2, -0.15) is 21.9 Å². The van der Waals surface area contributed by atoms with Gasteiger partial charge < -0.3 is 10.5 Å². The van der Waals surface area contributed by atoms with E-state index in [4.69, 9.17) is 27.6 Å². The van der Waals surface area contributed by atoms with Gasteiger partial charge in [0.15, 0.2) is 0 Å². The van der Waals surface area contributed by atoms with Crippen LogP contribution in [0.3, 0.4) is 0 Å². The van der Waals surface area contributed by atoms with Crippen LogP contribution in [0.4, 0.5) is 17.1 Å². The monoisotopic (exact) mass is 509 g/mol. The van der Waals surface area contributed by atoms with Crippen molar-refractivity contribution in [2.24, 2.45) is 10.2 Å². The van der Waals surface area contributed by atoms with Gasteiger partial charge in [-0.1, -0.05) is 12.1 Å². The minimum absolute atomic E-state index is 0.00474. The van der Waals surface area contributed by atoms with Crippen LogP contribution in [0.25, 0.3) is 0 Å². The SMILES string of the molecule is Cc1cc(N)c(OCCCS(=O)(=O)O)cc1N=Nc1ccccc1S(=O)(=O)O.O=S(=O)=O. The normalized spacial score (nSPS) is 11.6. The molecule has 0 fully saturated rings. The van der Waals surface area contributed by atoms with Gasteiger partial charge in [0.1, 0.15) is 16.3 Å². The Kier molecular flexibility index (Phi) is 9.85. The topological polar surface area (TPSA) is 220 Å². The molecule has 0 amide bonds. The molecule has 13 nitrogen and oxygen atoms in total. The first kappa shape index (κ1) is 27.1. The maximum atomic E-state index is 11.4. The van der Waals surface area contributed by atoms with Crippen molar-refractivity contribution in [2.75, 3.05) is 18.1 Å². The molecular weight excluding hydrogens is 490 g/mol.